The fraction of sp³-hybridized carbons (Fsp3) is 0.308. The highest BCUT2D eigenvalue weighted by molar-refractivity contribution is 9.10. The van der Waals surface area contributed by atoms with Crippen molar-refractivity contribution in [3.8, 4) is 0 Å². The van der Waals surface area contributed by atoms with Crippen LogP contribution >= 0.6 is 15.9 Å². The second-order valence-corrected chi connectivity index (χ2v) is 7.04. The summed E-state index contributed by atoms with van der Waals surface area (Å²) in [7, 11) is -3.79. The summed E-state index contributed by atoms with van der Waals surface area (Å²) in [6, 6.07) is 3.90. The Hall–Kier alpha value is -1.41. The fourth-order valence-electron chi connectivity index (χ4n) is 1.84. The van der Waals surface area contributed by atoms with Crippen LogP contribution in [0.2, 0.25) is 0 Å². The molecule has 5 nitrogen and oxygen atoms in total. The van der Waals surface area contributed by atoms with Gasteiger partial charge in [0.25, 0.3) is 10.0 Å². The molecule has 1 N–H and O–H groups in total. The molecule has 0 aliphatic rings. The Bertz CT molecular complexity index is 759. The molecule has 0 atom stereocenters. The third-order valence-electron chi connectivity index (χ3n) is 2.87. The highest BCUT2D eigenvalue weighted by atomic mass is 79.9. The van der Waals surface area contributed by atoms with E-state index < -0.39 is 15.8 Å². The molecule has 0 saturated heterocycles. The highest BCUT2D eigenvalue weighted by Gasteiger charge is 2.19. The predicted molar refractivity (Wildman–Crippen MR) is 82.2 cm³/mol. The molecule has 2 aromatic rings. The number of nitrogens with one attached hydrogen (secondary N) is 1. The van der Waals surface area contributed by atoms with Crippen LogP contribution in [-0.2, 0) is 16.6 Å². The molecule has 1 aromatic heterocycles. The molecule has 0 saturated carbocycles. The average molecular weight is 376 g/mol. The molecule has 0 fully saturated rings. The fourth-order valence-corrected chi connectivity index (χ4v) is 3.28. The van der Waals surface area contributed by atoms with Gasteiger partial charge in [-0.15, -0.1) is 0 Å². The molecule has 21 heavy (non-hydrogen) atoms. The SMILES string of the molecule is CCCn1cc(S(=O)(=O)Nc2ccc(F)c(Br)c2)nc1C. The van der Waals surface area contributed by atoms with E-state index in [-0.39, 0.29) is 15.2 Å². The van der Waals surface area contributed by atoms with Crippen LogP contribution < -0.4 is 4.72 Å². The molecule has 0 bridgehead atoms. The summed E-state index contributed by atoms with van der Waals surface area (Å²) in [5, 5.41) is -0.0473. The van der Waals surface area contributed by atoms with Crippen LogP contribution in [0.25, 0.3) is 0 Å². The van der Waals surface area contributed by atoms with Crippen molar-refractivity contribution in [3.05, 3.63) is 40.5 Å². The van der Waals surface area contributed by atoms with E-state index in [0.29, 0.717) is 12.4 Å². The number of rotatable bonds is 5. The van der Waals surface area contributed by atoms with Gasteiger partial charge in [0.05, 0.1) is 10.2 Å². The minimum atomic E-state index is -3.79. The van der Waals surface area contributed by atoms with Gasteiger partial charge in [0.2, 0.25) is 0 Å². The zero-order valence-electron chi connectivity index (χ0n) is 11.6. The number of sulfonamides is 1. The van der Waals surface area contributed by atoms with E-state index >= 15 is 0 Å². The summed E-state index contributed by atoms with van der Waals surface area (Å²) in [5.74, 6) is 0.179. The number of hydrogen-bond donors (Lipinski definition) is 1. The molecular weight excluding hydrogens is 361 g/mol. The number of aromatic nitrogens is 2. The number of hydrogen-bond acceptors (Lipinski definition) is 3. The Morgan fingerprint density at radius 3 is 2.76 bits per heavy atom. The van der Waals surface area contributed by atoms with E-state index in [1.807, 2.05) is 6.92 Å². The van der Waals surface area contributed by atoms with Gasteiger partial charge in [0, 0.05) is 12.7 Å². The lowest BCUT2D eigenvalue weighted by Gasteiger charge is -2.06. The first-order valence-electron chi connectivity index (χ1n) is 6.35. The summed E-state index contributed by atoms with van der Waals surface area (Å²) < 4.78 is 42.1. The smallest absolute Gasteiger partial charge is 0.280 e. The van der Waals surface area contributed by atoms with Gasteiger partial charge in [-0.2, -0.15) is 8.42 Å². The first-order chi connectivity index (χ1) is 9.83. The normalized spacial score (nSPS) is 11.6. The quantitative estimate of drug-likeness (QED) is 0.871. The zero-order chi connectivity index (χ0) is 15.6. The van der Waals surface area contributed by atoms with Crippen LogP contribution in [0, 0.1) is 12.7 Å². The van der Waals surface area contributed by atoms with Crippen molar-refractivity contribution in [2.24, 2.45) is 0 Å². The molecule has 0 aliphatic carbocycles. The van der Waals surface area contributed by atoms with Crippen LogP contribution in [0.1, 0.15) is 19.2 Å². The lowest BCUT2D eigenvalue weighted by molar-refractivity contribution is 0.597. The third-order valence-corrected chi connectivity index (χ3v) is 4.73. The van der Waals surface area contributed by atoms with Crippen LogP contribution in [0.3, 0.4) is 0 Å². The molecular formula is C13H15BrFN3O2S. The molecule has 0 amide bonds. The van der Waals surface area contributed by atoms with Crippen LogP contribution in [0.4, 0.5) is 10.1 Å². The van der Waals surface area contributed by atoms with E-state index in [1.165, 1.54) is 24.4 Å². The number of halogens is 2. The van der Waals surface area contributed by atoms with Crippen LogP contribution in [-0.4, -0.2) is 18.0 Å². The van der Waals surface area contributed by atoms with Crippen LogP contribution in [0.15, 0.2) is 33.9 Å². The Morgan fingerprint density at radius 1 is 1.43 bits per heavy atom. The Labute approximate surface area is 131 Å². The van der Waals surface area contributed by atoms with Crippen molar-refractivity contribution in [3.63, 3.8) is 0 Å². The standard InChI is InChI=1S/C13H15BrFN3O2S/c1-3-6-18-8-13(16-9(18)2)21(19,20)17-10-4-5-12(15)11(14)7-10/h4-5,7-8,17H,3,6H2,1-2H3. The van der Waals surface area contributed by atoms with Crippen LogP contribution in [0.5, 0.6) is 0 Å². The van der Waals surface area contributed by atoms with Gasteiger partial charge in [-0.05, 0) is 47.5 Å². The van der Waals surface area contributed by atoms with E-state index in [1.54, 1.807) is 11.5 Å². The average Bonchev–Trinajstić information content (AvgIpc) is 2.77. The van der Waals surface area contributed by atoms with Crippen molar-refractivity contribution >= 4 is 31.6 Å². The van der Waals surface area contributed by atoms with E-state index in [9.17, 15) is 12.8 Å². The Balaban J connectivity index is 2.29. The third kappa shape index (κ3) is 3.62. The van der Waals surface area contributed by atoms with Crippen molar-refractivity contribution in [2.45, 2.75) is 31.8 Å². The lowest BCUT2D eigenvalue weighted by atomic mass is 10.3. The first-order valence-corrected chi connectivity index (χ1v) is 8.62. The molecule has 0 spiro atoms. The van der Waals surface area contributed by atoms with Gasteiger partial charge in [-0.1, -0.05) is 6.92 Å². The van der Waals surface area contributed by atoms with E-state index in [4.69, 9.17) is 0 Å². The first kappa shape index (κ1) is 16.0. The summed E-state index contributed by atoms with van der Waals surface area (Å²) in [4.78, 5) is 4.06. The van der Waals surface area contributed by atoms with Crippen molar-refractivity contribution < 1.29 is 12.8 Å². The zero-order valence-corrected chi connectivity index (χ0v) is 14.0. The largest absolute Gasteiger partial charge is 0.334 e. The highest BCUT2D eigenvalue weighted by Crippen LogP contribution is 2.22. The van der Waals surface area contributed by atoms with Gasteiger partial charge >= 0.3 is 0 Å². The number of anilines is 1. The molecule has 2 rings (SSSR count). The molecule has 8 heteroatoms. The van der Waals surface area contributed by atoms with Crippen molar-refractivity contribution in [2.75, 3.05) is 4.72 Å². The molecule has 0 radical (unpaired) electrons. The Kier molecular flexibility index (Phi) is 4.67. The second-order valence-electron chi connectivity index (χ2n) is 4.55. The molecule has 114 valence electrons. The minimum Gasteiger partial charge on any atom is -0.334 e. The summed E-state index contributed by atoms with van der Waals surface area (Å²) >= 11 is 3.02. The summed E-state index contributed by atoms with van der Waals surface area (Å²) in [5.41, 5.74) is 0.269. The lowest BCUT2D eigenvalue weighted by Crippen LogP contribution is -2.13. The maximum Gasteiger partial charge on any atom is 0.280 e. The number of benzene rings is 1. The number of aryl methyl sites for hydroxylation is 2. The van der Waals surface area contributed by atoms with Gasteiger partial charge in [0.15, 0.2) is 5.03 Å². The van der Waals surface area contributed by atoms with Gasteiger partial charge in [-0.3, -0.25) is 4.72 Å². The monoisotopic (exact) mass is 375 g/mol. The van der Waals surface area contributed by atoms with Crippen molar-refractivity contribution in [1.82, 2.24) is 9.55 Å². The molecule has 1 heterocycles. The number of imidazole rings is 1. The molecule has 1 aromatic carbocycles. The summed E-state index contributed by atoms with van der Waals surface area (Å²) in [6.45, 7) is 4.46. The second kappa shape index (κ2) is 6.15. The van der Waals surface area contributed by atoms with Gasteiger partial charge in [-0.25, -0.2) is 9.37 Å². The molecule has 0 aliphatic heterocycles. The predicted octanol–water partition coefficient (Wildman–Crippen LogP) is 3.30. The van der Waals surface area contributed by atoms with E-state index in [0.717, 1.165) is 6.42 Å². The van der Waals surface area contributed by atoms with Gasteiger partial charge in [0.1, 0.15) is 11.6 Å². The maximum absolute atomic E-state index is 13.2. The van der Waals surface area contributed by atoms with E-state index in [2.05, 4.69) is 25.6 Å². The maximum atomic E-state index is 13.2. The topological polar surface area (TPSA) is 64.0 Å². The summed E-state index contributed by atoms with van der Waals surface area (Å²) in [6.07, 6.45) is 2.38. The minimum absolute atomic E-state index is 0.0473. The number of nitrogens with zero attached hydrogens (tertiary/aromatic N) is 2. The molecule has 0 unspecified atom stereocenters. The van der Waals surface area contributed by atoms with Crippen molar-refractivity contribution in [1.29, 1.82) is 0 Å². The Morgan fingerprint density at radius 2 is 2.14 bits per heavy atom. The van der Waals surface area contributed by atoms with Gasteiger partial charge < -0.3 is 4.57 Å².